The molecule has 152 valence electrons. The van der Waals surface area contributed by atoms with Gasteiger partial charge in [-0.3, -0.25) is 4.79 Å². The molecule has 3 rings (SSSR count). The van der Waals surface area contributed by atoms with Crippen LogP contribution >= 0.6 is 22.9 Å². The molecule has 28 heavy (non-hydrogen) atoms. The molecular weight excluding hydrogens is 390 g/mol. The zero-order valence-electron chi connectivity index (χ0n) is 17.0. The first-order chi connectivity index (χ1) is 13.4. The molecule has 1 amide bonds. The molecule has 0 unspecified atom stereocenters. The van der Waals surface area contributed by atoms with Gasteiger partial charge in [0.25, 0.3) is 5.91 Å². The number of hydrogen-bond donors (Lipinski definition) is 0. The van der Waals surface area contributed by atoms with E-state index < -0.39 is 0 Å². The molecule has 0 N–H and O–H groups in total. The van der Waals surface area contributed by atoms with E-state index in [1.165, 1.54) is 18.4 Å². The van der Waals surface area contributed by atoms with Crippen molar-refractivity contribution in [3.8, 4) is 0 Å². The highest BCUT2D eigenvalue weighted by molar-refractivity contribution is 7.09. The molecule has 0 bridgehead atoms. The molecule has 0 aliphatic carbocycles. The molecule has 1 saturated heterocycles. The summed E-state index contributed by atoms with van der Waals surface area (Å²) >= 11 is 7.55. The van der Waals surface area contributed by atoms with E-state index in [1.54, 1.807) is 11.3 Å². The van der Waals surface area contributed by atoms with Gasteiger partial charge in [0.2, 0.25) is 0 Å². The van der Waals surface area contributed by atoms with E-state index in [1.807, 2.05) is 29.5 Å². The monoisotopic (exact) mass is 419 g/mol. The van der Waals surface area contributed by atoms with E-state index in [0.29, 0.717) is 17.5 Å². The van der Waals surface area contributed by atoms with Gasteiger partial charge in [-0.1, -0.05) is 37.6 Å². The van der Waals surface area contributed by atoms with E-state index in [2.05, 4.69) is 35.9 Å². The lowest BCUT2D eigenvalue weighted by molar-refractivity contribution is 0.0725. The van der Waals surface area contributed by atoms with E-state index in [0.717, 1.165) is 42.6 Å². The Morgan fingerprint density at radius 1 is 1.36 bits per heavy atom. The lowest BCUT2D eigenvalue weighted by atomic mass is 9.97. The minimum Gasteiger partial charge on any atom is -0.340 e. The summed E-state index contributed by atoms with van der Waals surface area (Å²) in [5.41, 5.74) is 1.91. The summed E-state index contributed by atoms with van der Waals surface area (Å²) < 4.78 is 0. The average Bonchev–Trinajstić information content (AvgIpc) is 3.18. The molecule has 2 heterocycles. The molecule has 1 aliphatic rings. The third kappa shape index (κ3) is 5.79. The Balaban J connectivity index is 1.49. The van der Waals surface area contributed by atoms with Gasteiger partial charge in [0, 0.05) is 43.0 Å². The Bertz CT molecular complexity index is 774. The van der Waals surface area contributed by atoms with Crippen LogP contribution in [-0.2, 0) is 6.42 Å². The summed E-state index contributed by atoms with van der Waals surface area (Å²) in [6.45, 7) is 8.27. The molecule has 2 aromatic rings. The third-order valence-corrected chi connectivity index (χ3v) is 6.74. The van der Waals surface area contributed by atoms with Crippen molar-refractivity contribution in [1.82, 2.24) is 14.8 Å². The van der Waals surface area contributed by atoms with Gasteiger partial charge in [-0.25, -0.2) is 4.98 Å². The van der Waals surface area contributed by atoms with Gasteiger partial charge < -0.3 is 9.80 Å². The predicted molar refractivity (Wildman–Crippen MR) is 117 cm³/mol. The lowest BCUT2D eigenvalue weighted by Crippen LogP contribution is -2.42. The molecule has 1 aromatic heterocycles. The summed E-state index contributed by atoms with van der Waals surface area (Å²) in [7, 11) is 1.91. The maximum Gasteiger partial charge on any atom is 0.273 e. The molecule has 0 saturated carbocycles. The molecular formula is C22H30ClN3OS. The topological polar surface area (TPSA) is 36.4 Å². The molecule has 0 radical (unpaired) electrons. The van der Waals surface area contributed by atoms with E-state index in [9.17, 15) is 4.79 Å². The smallest absolute Gasteiger partial charge is 0.273 e. The summed E-state index contributed by atoms with van der Waals surface area (Å²) in [5.74, 6) is 0.932. The van der Waals surface area contributed by atoms with Crippen molar-refractivity contribution in [2.45, 2.75) is 39.0 Å². The number of carbonyl (C=O) groups excluding carboxylic acids is 1. The molecule has 1 aliphatic heterocycles. The number of hydrogen-bond acceptors (Lipinski definition) is 4. The Kier molecular flexibility index (Phi) is 7.49. The number of nitrogens with zero attached hydrogens (tertiary/aromatic N) is 3. The SMILES string of the molecule is CC(C)c1nc(C(=O)N(C)C[C@@H]2CCCN(CCc3ccc(Cl)cc3)C2)cs1. The number of rotatable bonds is 7. The molecule has 0 spiro atoms. The predicted octanol–water partition coefficient (Wildman–Crippen LogP) is 4.95. The van der Waals surface area contributed by atoms with Crippen LogP contribution in [0.4, 0.5) is 0 Å². The van der Waals surface area contributed by atoms with Crippen LogP contribution in [0.25, 0.3) is 0 Å². The number of halogens is 1. The van der Waals surface area contributed by atoms with Gasteiger partial charge >= 0.3 is 0 Å². The zero-order chi connectivity index (χ0) is 20.1. The second-order valence-corrected chi connectivity index (χ2v) is 9.42. The van der Waals surface area contributed by atoms with Gasteiger partial charge in [-0.2, -0.15) is 0 Å². The summed E-state index contributed by atoms with van der Waals surface area (Å²) in [6.07, 6.45) is 3.42. The lowest BCUT2D eigenvalue weighted by Gasteiger charge is -2.34. The number of aromatic nitrogens is 1. The van der Waals surface area contributed by atoms with Crippen molar-refractivity contribution in [2.24, 2.45) is 5.92 Å². The van der Waals surface area contributed by atoms with E-state index in [4.69, 9.17) is 11.6 Å². The van der Waals surface area contributed by atoms with Crippen molar-refractivity contribution in [3.05, 3.63) is 50.9 Å². The highest BCUT2D eigenvalue weighted by Crippen LogP contribution is 2.22. The van der Waals surface area contributed by atoms with Crippen LogP contribution in [0.15, 0.2) is 29.6 Å². The van der Waals surface area contributed by atoms with Crippen molar-refractivity contribution < 1.29 is 4.79 Å². The fourth-order valence-corrected chi connectivity index (χ4v) is 4.69. The molecule has 1 aromatic carbocycles. The molecule has 1 atom stereocenters. The van der Waals surface area contributed by atoms with Gasteiger partial charge in [0.05, 0.1) is 5.01 Å². The van der Waals surface area contributed by atoms with E-state index >= 15 is 0 Å². The summed E-state index contributed by atoms with van der Waals surface area (Å²) in [4.78, 5) is 21.6. The second-order valence-electron chi connectivity index (χ2n) is 8.10. The van der Waals surface area contributed by atoms with Crippen molar-refractivity contribution in [1.29, 1.82) is 0 Å². The maximum atomic E-state index is 12.7. The van der Waals surface area contributed by atoms with Crippen molar-refractivity contribution >= 4 is 28.8 Å². The Morgan fingerprint density at radius 2 is 2.11 bits per heavy atom. The van der Waals surface area contributed by atoms with Gasteiger partial charge in [0.1, 0.15) is 5.69 Å². The van der Waals surface area contributed by atoms with Crippen LogP contribution < -0.4 is 0 Å². The number of thiazole rings is 1. The molecule has 4 nitrogen and oxygen atoms in total. The van der Waals surface area contributed by atoms with Gasteiger partial charge in [-0.05, 0) is 49.4 Å². The normalized spacial score (nSPS) is 17.8. The third-order valence-electron chi connectivity index (χ3n) is 5.35. The number of benzene rings is 1. The average molecular weight is 420 g/mol. The highest BCUT2D eigenvalue weighted by atomic mass is 35.5. The molecule has 1 fully saturated rings. The fraction of sp³-hybridized carbons (Fsp3) is 0.545. The first-order valence-corrected chi connectivity index (χ1v) is 11.4. The number of likely N-dealkylation sites (tertiary alicyclic amines) is 1. The van der Waals surface area contributed by atoms with Crippen molar-refractivity contribution in [3.63, 3.8) is 0 Å². The second kappa shape index (κ2) is 9.86. The fourth-order valence-electron chi connectivity index (χ4n) is 3.76. The first-order valence-electron chi connectivity index (χ1n) is 10.1. The van der Waals surface area contributed by atoms with Crippen LogP contribution in [0.5, 0.6) is 0 Å². The van der Waals surface area contributed by atoms with Gasteiger partial charge in [0.15, 0.2) is 0 Å². The zero-order valence-corrected chi connectivity index (χ0v) is 18.6. The Morgan fingerprint density at radius 3 is 2.79 bits per heavy atom. The van der Waals surface area contributed by atoms with Crippen LogP contribution in [-0.4, -0.2) is 53.9 Å². The molecule has 6 heteroatoms. The quantitative estimate of drug-likeness (QED) is 0.637. The summed E-state index contributed by atoms with van der Waals surface area (Å²) in [6, 6.07) is 8.13. The standard InChI is InChI=1S/C22H30ClN3OS/c1-16(2)21-24-20(15-28-21)22(27)25(3)13-18-5-4-11-26(14-18)12-10-17-6-8-19(23)9-7-17/h6-9,15-16,18H,4-5,10-14H2,1-3H3/t18-/m0/s1. The Hall–Kier alpha value is -1.43. The maximum absolute atomic E-state index is 12.7. The van der Waals surface area contributed by atoms with Crippen LogP contribution in [0, 0.1) is 5.92 Å². The Labute approximate surface area is 177 Å². The number of amides is 1. The minimum absolute atomic E-state index is 0.0430. The summed E-state index contributed by atoms with van der Waals surface area (Å²) in [5, 5.41) is 3.71. The van der Waals surface area contributed by atoms with Crippen molar-refractivity contribution in [2.75, 3.05) is 33.2 Å². The van der Waals surface area contributed by atoms with Crippen LogP contribution in [0.1, 0.15) is 53.7 Å². The largest absolute Gasteiger partial charge is 0.340 e. The van der Waals surface area contributed by atoms with Crippen LogP contribution in [0.2, 0.25) is 5.02 Å². The minimum atomic E-state index is 0.0430. The first kappa shape index (κ1) is 21.3. The van der Waals surface area contributed by atoms with Crippen LogP contribution in [0.3, 0.4) is 0 Å². The van der Waals surface area contributed by atoms with E-state index in [-0.39, 0.29) is 5.91 Å². The number of carbonyl (C=O) groups is 1. The number of piperidine rings is 1. The van der Waals surface area contributed by atoms with Gasteiger partial charge in [-0.15, -0.1) is 11.3 Å². The highest BCUT2D eigenvalue weighted by Gasteiger charge is 2.24.